The number of hydrogen-bond donors (Lipinski definition) is 1. The molecule has 2 saturated heterocycles. The zero-order valence-electron chi connectivity index (χ0n) is 17.2. The minimum absolute atomic E-state index is 0.0803. The average Bonchev–Trinajstić information content (AvgIpc) is 3.27. The molecular formula is C19H28ClN3O5S2. The summed E-state index contributed by atoms with van der Waals surface area (Å²) in [4.78, 5) is 30.2. The van der Waals surface area contributed by atoms with Gasteiger partial charge in [0.05, 0.1) is 23.3 Å². The van der Waals surface area contributed by atoms with Gasteiger partial charge in [0.25, 0.3) is 0 Å². The van der Waals surface area contributed by atoms with Crippen molar-refractivity contribution in [2.24, 2.45) is 5.92 Å². The average molecular weight is 478 g/mol. The molecule has 0 radical (unpaired) electrons. The van der Waals surface area contributed by atoms with E-state index in [1.165, 1.54) is 16.2 Å². The Hall–Kier alpha value is -1.20. The van der Waals surface area contributed by atoms with E-state index in [0.29, 0.717) is 50.0 Å². The summed E-state index contributed by atoms with van der Waals surface area (Å²) in [6.07, 6.45) is 0.685. The molecule has 3 heterocycles. The molecule has 2 atom stereocenters. The summed E-state index contributed by atoms with van der Waals surface area (Å²) in [5.74, 6) is -0.630. The Labute approximate surface area is 186 Å². The molecule has 2 fully saturated rings. The molecule has 1 N–H and O–H groups in total. The van der Waals surface area contributed by atoms with E-state index in [2.05, 4.69) is 4.72 Å². The van der Waals surface area contributed by atoms with Crippen molar-refractivity contribution in [3.05, 3.63) is 21.3 Å². The molecule has 2 amide bonds. The zero-order chi connectivity index (χ0) is 21.9. The second-order valence-electron chi connectivity index (χ2n) is 7.89. The number of ether oxygens (including phenoxy) is 1. The Bertz CT molecular complexity index is 867. The third-order valence-corrected chi connectivity index (χ3v) is 8.03. The lowest BCUT2D eigenvalue weighted by atomic mass is 10.0. The van der Waals surface area contributed by atoms with Gasteiger partial charge in [-0.05, 0) is 30.9 Å². The first-order chi connectivity index (χ1) is 14.2. The molecule has 0 unspecified atom stereocenters. The number of amides is 2. The summed E-state index contributed by atoms with van der Waals surface area (Å²) in [7, 11) is -3.64. The highest BCUT2D eigenvalue weighted by Crippen LogP contribution is 2.24. The Morgan fingerprint density at radius 3 is 2.60 bits per heavy atom. The molecule has 30 heavy (non-hydrogen) atoms. The van der Waals surface area contributed by atoms with Gasteiger partial charge in [0.15, 0.2) is 0 Å². The van der Waals surface area contributed by atoms with E-state index in [0.717, 1.165) is 4.88 Å². The summed E-state index contributed by atoms with van der Waals surface area (Å²) >= 11 is 7.23. The second kappa shape index (κ2) is 9.95. The number of halogens is 1. The van der Waals surface area contributed by atoms with Crippen LogP contribution in [0, 0.1) is 5.92 Å². The standard InChI is InChI=1S/C19H28ClN3O5S2/c1-13(2)17(19(25)22-8-10-28-11-9-22)23-7-5-15(18(23)24)21-30(26,27)12-6-14-3-4-16(20)29-14/h3-4,13,15,17,21H,5-12H2,1-2H3/t15-,17-/m0/s1. The number of likely N-dealkylation sites (tertiary alicyclic amines) is 1. The van der Waals surface area contributed by atoms with Gasteiger partial charge in [-0.2, -0.15) is 0 Å². The predicted octanol–water partition coefficient (Wildman–Crippen LogP) is 1.35. The van der Waals surface area contributed by atoms with Crippen LogP contribution in [0.25, 0.3) is 0 Å². The fourth-order valence-electron chi connectivity index (χ4n) is 3.83. The van der Waals surface area contributed by atoms with Gasteiger partial charge in [0, 0.05) is 24.5 Å². The lowest BCUT2D eigenvalue weighted by Crippen LogP contribution is -2.55. The molecule has 0 bridgehead atoms. The lowest BCUT2D eigenvalue weighted by molar-refractivity contribution is -0.148. The highest BCUT2D eigenvalue weighted by atomic mass is 35.5. The molecule has 2 aliphatic rings. The first kappa shape index (κ1) is 23.5. The molecule has 11 heteroatoms. The molecule has 2 aliphatic heterocycles. The minimum Gasteiger partial charge on any atom is -0.378 e. The van der Waals surface area contributed by atoms with Crippen molar-refractivity contribution >= 4 is 44.8 Å². The van der Waals surface area contributed by atoms with Crippen LogP contribution >= 0.6 is 22.9 Å². The van der Waals surface area contributed by atoms with E-state index in [1.54, 1.807) is 17.0 Å². The maximum absolute atomic E-state index is 13.1. The number of hydrogen-bond acceptors (Lipinski definition) is 6. The van der Waals surface area contributed by atoms with Crippen LogP contribution in [0.15, 0.2) is 12.1 Å². The van der Waals surface area contributed by atoms with Gasteiger partial charge >= 0.3 is 0 Å². The molecule has 0 aliphatic carbocycles. The number of carbonyl (C=O) groups is 2. The monoisotopic (exact) mass is 477 g/mol. The van der Waals surface area contributed by atoms with Crippen LogP contribution < -0.4 is 4.72 Å². The third-order valence-electron chi connectivity index (χ3n) is 5.35. The van der Waals surface area contributed by atoms with Crippen LogP contribution in [0.5, 0.6) is 0 Å². The minimum atomic E-state index is -3.64. The number of rotatable bonds is 8. The fraction of sp³-hybridized carbons (Fsp3) is 0.684. The normalized spacial score (nSPS) is 21.5. The number of nitrogens with zero attached hydrogens (tertiary/aromatic N) is 2. The zero-order valence-corrected chi connectivity index (χ0v) is 19.6. The predicted molar refractivity (Wildman–Crippen MR) is 116 cm³/mol. The number of morpholine rings is 1. The maximum Gasteiger partial charge on any atom is 0.245 e. The largest absolute Gasteiger partial charge is 0.378 e. The van der Waals surface area contributed by atoms with Crippen molar-refractivity contribution < 1.29 is 22.7 Å². The van der Waals surface area contributed by atoms with Crippen molar-refractivity contribution in [1.29, 1.82) is 0 Å². The summed E-state index contributed by atoms with van der Waals surface area (Å²) in [5.41, 5.74) is 0. The van der Waals surface area contributed by atoms with Gasteiger partial charge < -0.3 is 14.5 Å². The fourth-order valence-corrected chi connectivity index (χ4v) is 6.31. The van der Waals surface area contributed by atoms with Crippen molar-refractivity contribution in [3.8, 4) is 0 Å². The highest BCUT2D eigenvalue weighted by molar-refractivity contribution is 7.89. The lowest BCUT2D eigenvalue weighted by Gasteiger charge is -2.36. The number of aryl methyl sites for hydroxylation is 1. The highest BCUT2D eigenvalue weighted by Gasteiger charge is 2.43. The van der Waals surface area contributed by atoms with Crippen LogP contribution in [0.2, 0.25) is 4.34 Å². The molecule has 3 rings (SSSR count). The first-order valence-corrected chi connectivity index (χ1v) is 12.9. The third kappa shape index (κ3) is 5.73. The molecule has 1 aromatic heterocycles. The van der Waals surface area contributed by atoms with Crippen LogP contribution in [-0.2, 0) is 30.8 Å². The van der Waals surface area contributed by atoms with Crippen LogP contribution in [0.3, 0.4) is 0 Å². The van der Waals surface area contributed by atoms with Gasteiger partial charge in [0.2, 0.25) is 21.8 Å². The SMILES string of the molecule is CC(C)[C@@H](C(=O)N1CCOCC1)N1CC[C@H](NS(=O)(=O)CCc2ccc(Cl)s2)C1=O. The van der Waals surface area contributed by atoms with Gasteiger partial charge in [-0.15, -0.1) is 11.3 Å². The van der Waals surface area contributed by atoms with E-state index in [1.807, 2.05) is 13.8 Å². The van der Waals surface area contributed by atoms with Crippen molar-refractivity contribution in [2.75, 3.05) is 38.6 Å². The molecule has 0 spiro atoms. The quantitative estimate of drug-likeness (QED) is 0.609. The maximum atomic E-state index is 13.1. The number of carbonyl (C=O) groups excluding carboxylic acids is 2. The number of nitrogens with one attached hydrogen (secondary N) is 1. The van der Waals surface area contributed by atoms with Crippen LogP contribution in [-0.4, -0.2) is 80.7 Å². The van der Waals surface area contributed by atoms with Crippen LogP contribution in [0.1, 0.15) is 25.1 Å². The molecule has 0 aromatic carbocycles. The summed E-state index contributed by atoms with van der Waals surface area (Å²) < 4.78 is 33.5. The van der Waals surface area contributed by atoms with Gasteiger partial charge in [0.1, 0.15) is 12.1 Å². The summed E-state index contributed by atoms with van der Waals surface area (Å²) in [5, 5.41) is 0. The van der Waals surface area contributed by atoms with E-state index >= 15 is 0 Å². The van der Waals surface area contributed by atoms with E-state index in [9.17, 15) is 18.0 Å². The first-order valence-electron chi connectivity index (χ1n) is 10.1. The van der Waals surface area contributed by atoms with Gasteiger partial charge in [-0.25, -0.2) is 13.1 Å². The van der Waals surface area contributed by atoms with Crippen molar-refractivity contribution in [2.45, 2.75) is 38.8 Å². The summed E-state index contributed by atoms with van der Waals surface area (Å²) in [6.45, 7) is 6.15. The van der Waals surface area contributed by atoms with E-state index < -0.39 is 22.1 Å². The van der Waals surface area contributed by atoms with E-state index in [-0.39, 0.29) is 23.5 Å². The molecular weight excluding hydrogens is 450 g/mol. The second-order valence-corrected chi connectivity index (χ2v) is 11.6. The topological polar surface area (TPSA) is 96.0 Å². The molecule has 1 aromatic rings. The molecule has 168 valence electrons. The van der Waals surface area contributed by atoms with Gasteiger partial charge in [-0.1, -0.05) is 25.4 Å². The Morgan fingerprint density at radius 2 is 2.00 bits per heavy atom. The Morgan fingerprint density at radius 1 is 1.30 bits per heavy atom. The Kier molecular flexibility index (Phi) is 7.78. The number of thiophene rings is 1. The van der Waals surface area contributed by atoms with Crippen molar-refractivity contribution in [3.63, 3.8) is 0 Å². The van der Waals surface area contributed by atoms with Crippen molar-refractivity contribution in [1.82, 2.24) is 14.5 Å². The number of sulfonamides is 1. The summed E-state index contributed by atoms with van der Waals surface area (Å²) in [6, 6.07) is 2.10. The molecule has 8 nitrogen and oxygen atoms in total. The Balaban J connectivity index is 1.62. The van der Waals surface area contributed by atoms with E-state index in [4.69, 9.17) is 16.3 Å². The van der Waals surface area contributed by atoms with Gasteiger partial charge in [-0.3, -0.25) is 9.59 Å². The molecule has 0 saturated carbocycles. The van der Waals surface area contributed by atoms with Crippen LogP contribution in [0.4, 0.5) is 0 Å². The smallest absolute Gasteiger partial charge is 0.245 e.